The molecule has 10 heteroatoms. The van der Waals surface area contributed by atoms with Crippen molar-refractivity contribution in [2.24, 2.45) is 0 Å². The molecule has 2 rings (SSSR count). The third-order valence-corrected chi connectivity index (χ3v) is 5.77. The van der Waals surface area contributed by atoms with Gasteiger partial charge in [-0.1, -0.05) is 34.9 Å². The first-order valence-electron chi connectivity index (χ1n) is 6.32. The molecular formula is C13H12F3N3OS3. The van der Waals surface area contributed by atoms with Gasteiger partial charge in [-0.25, -0.2) is 0 Å². The van der Waals surface area contributed by atoms with Gasteiger partial charge in [-0.3, -0.25) is 4.79 Å². The average Bonchev–Trinajstić information content (AvgIpc) is 2.94. The highest BCUT2D eigenvalue weighted by Crippen LogP contribution is 2.31. The van der Waals surface area contributed by atoms with Gasteiger partial charge in [-0.05, 0) is 37.4 Å². The number of anilines is 1. The fourth-order valence-electron chi connectivity index (χ4n) is 1.52. The van der Waals surface area contributed by atoms with E-state index in [4.69, 9.17) is 0 Å². The summed E-state index contributed by atoms with van der Waals surface area (Å²) in [4.78, 5) is 12.1. The van der Waals surface area contributed by atoms with E-state index in [1.807, 2.05) is 6.26 Å². The maximum Gasteiger partial charge on any atom is 0.416 e. The molecule has 0 aliphatic carbocycles. The molecule has 124 valence electrons. The van der Waals surface area contributed by atoms with Crippen molar-refractivity contribution in [3.8, 4) is 0 Å². The Balaban J connectivity index is 1.95. The maximum absolute atomic E-state index is 12.5. The van der Waals surface area contributed by atoms with E-state index in [1.165, 1.54) is 47.0 Å². The molecule has 1 heterocycles. The fourth-order valence-corrected chi connectivity index (χ4v) is 4.10. The summed E-state index contributed by atoms with van der Waals surface area (Å²) in [5.74, 6) is -0.310. The zero-order valence-corrected chi connectivity index (χ0v) is 14.5. The fraction of sp³-hybridized carbons (Fsp3) is 0.308. The summed E-state index contributed by atoms with van der Waals surface area (Å²) in [6, 6.07) is 4.33. The zero-order chi connectivity index (χ0) is 17.0. The van der Waals surface area contributed by atoms with E-state index >= 15 is 0 Å². The Hall–Kier alpha value is -1.26. The van der Waals surface area contributed by atoms with Gasteiger partial charge in [0.1, 0.15) is 0 Å². The van der Waals surface area contributed by atoms with Gasteiger partial charge in [-0.15, -0.1) is 10.2 Å². The highest BCUT2D eigenvalue weighted by molar-refractivity contribution is 8.03. The van der Waals surface area contributed by atoms with Gasteiger partial charge in [-0.2, -0.15) is 13.2 Å². The van der Waals surface area contributed by atoms with Crippen LogP contribution in [-0.2, 0) is 11.0 Å². The van der Waals surface area contributed by atoms with Crippen molar-refractivity contribution < 1.29 is 18.0 Å². The summed E-state index contributed by atoms with van der Waals surface area (Å²) < 4.78 is 38.9. The van der Waals surface area contributed by atoms with Crippen LogP contribution in [0.15, 0.2) is 32.9 Å². The highest BCUT2D eigenvalue weighted by atomic mass is 32.2. The number of aromatic nitrogens is 2. The normalized spacial score (nSPS) is 12.9. The molecule has 0 radical (unpaired) electrons. The van der Waals surface area contributed by atoms with Gasteiger partial charge in [0.2, 0.25) is 5.91 Å². The van der Waals surface area contributed by atoms with Crippen LogP contribution < -0.4 is 5.32 Å². The Morgan fingerprint density at radius 2 is 1.83 bits per heavy atom. The van der Waals surface area contributed by atoms with Crippen LogP contribution in [0.2, 0.25) is 0 Å². The lowest BCUT2D eigenvalue weighted by atomic mass is 10.2. The Kier molecular flexibility index (Phi) is 5.93. The first kappa shape index (κ1) is 18.1. The first-order chi connectivity index (χ1) is 10.8. The number of carbonyl (C=O) groups excluding carboxylic acids is 1. The number of halogens is 3. The highest BCUT2D eigenvalue weighted by Gasteiger charge is 2.30. The smallest absolute Gasteiger partial charge is 0.325 e. The van der Waals surface area contributed by atoms with E-state index in [0.29, 0.717) is 10.0 Å². The van der Waals surface area contributed by atoms with Gasteiger partial charge >= 0.3 is 6.18 Å². The van der Waals surface area contributed by atoms with Crippen LogP contribution in [0.1, 0.15) is 12.5 Å². The molecule has 1 unspecified atom stereocenters. The number of carbonyl (C=O) groups is 1. The summed E-state index contributed by atoms with van der Waals surface area (Å²) in [7, 11) is 0. The SMILES string of the molecule is CSc1nnc(SC(C)C(=O)Nc2ccc(C(F)(F)F)cc2)s1. The maximum atomic E-state index is 12.5. The van der Waals surface area contributed by atoms with Crippen molar-refractivity contribution >= 4 is 46.5 Å². The van der Waals surface area contributed by atoms with Crippen molar-refractivity contribution in [1.29, 1.82) is 0 Å². The van der Waals surface area contributed by atoms with Gasteiger partial charge in [0.25, 0.3) is 0 Å². The van der Waals surface area contributed by atoms with E-state index < -0.39 is 17.0 Å². The van der Waals surface area contributed by atoms with E-state index in [9.17, 15) is 18.0 Å². The van der Waals surface area contributed by atoms with Crippen LogP contribution in [-0.4, -0.2) is 27.6 Å². The van der Waals surface area contributed by atoms with Crippen molar-refractivity contribution in [3.05, 3.63) is 29.8 Å². The second kappa shape index (κ2) is 7.54. The third-order valence-electron chi connectivity index (χ3n) is 2.69. The summed E-state index contributed by atoms with van der Waals surface area (Å²) in [5, 5.41) is 10.0. The topological polar surface area (TPSA) is 54.9 Å². The lowest BCUT2D eigenvalue weighted by molar-refractivity contribution is -0.137. The second-order valence-corrected chi connectivity index (χ2v) is 7.98. The van der Waals surface area contributed by atoms with E-state index in [0.717, 1.165) is 16.5 Å². The Bertz CT molecular complexity index is 673. The van der Waals surface area contributed by atoms with Crippen molar-refractivity contribution in [1.82, 2.24) is 10.2 Å². The van der Waals surface area contributed by atoms with Gasteiger partial charge in [0.15, 0.2) is 8.68 Å². The Morgan fingerprint density at radius 3 is 2.35 bits per heavy atom. The Morgan fingerprint density at radius 1 is 1.22 bits per heavy atom. The predicted octanol–water partition coefficient (Wildman–Crippen LogP) is 4.40. The van der Waals surface area contributed by atoms with Crippen molar-refractivity contribution in [3.63, 3.8) is 0 Å². The lowest BCUT2D eigenvalue weighted by Gasteiger charge is -2.11. The van der Waals surface area contributed by atoms with Crippen LogP contribution in [0, 0.1) is 0 Å². The van der Waals surface area contributed by atoms with Crippen molar-refractivity contribution in [2.75, 3.05) is 11.6 Å². The van der Waals surface area contributed by atoms with Crippen LogP contribution in [0.4, 0.5) is 18.9 Å². The molecule has 1 N–H and O–H groups in total. The average molecular weight is 379 g/mol. The van der Waals surface area contributed by atoms with Crippen LogP contribution in [0.3, 0.4) is 0 Å². The monoisotopic (exact) mass is 379 g/mol. The van der Waals surface area contributed by atoms with Crippen molar-refractivity contribution in [2.45, 2.75) is 27.0 Å². The number of rotatable bonds is 5. The third kappa shape index (κ3) is 5.11. The molecule has 2 aromatic rings. The number of alkyl halides is 3. The number of thioether (sulfide) groups is 2. The molecule has 0 aliphatic heterocycles. The quantitative estimate of drug-likeness (QED) is 0.781. The second-order valence-electron chi connectivity index (χ2n) is 4.36. The summed E-state index contributed by atoms with van der Waals surface area (Å²) in [5.41, 5.74) is -0.436. The number of hydrogen-bond acceptors (Lipinski definition) is 6. The van der Waals surface area contributed by atoms with Gasteiger partial charge < -0.3 is 5.32 Å². The molecule has 1 amide bonds. The first-order valence-corrected chi connectivity index (χ1v) is 9.24. The molecule has 0 bridgehead atoms. The lowest BCUT2D eigenvalue weighted by Crippen LogP contribution is -2.22. The summed E-state index contributed by atoms with van der Waals surface area (Å²) in [6.45, 7) is 1.70. The molecule has 0 spiro atoms. The van der Waals surface area contributed by atoms with Crippen LogP contribution >= 0.6 is 34.9 Å². The number of hydrogen-bond donors (Lipinski definition) is 1. The van der Waals surface area contributed by atoms with Gasteiger partial charge in [0, 0.05) is 5.69 Å². The number of nitrogens with zero attached hydrogens (tertiary/aromatic N) is 2. The minimum Gasteiger partial charge on any atom is -0.325 e. The standard InChI is InChI=1S/C13H12F3N3OS3/c1-7(22-12-19-18-11(21-2)23-12)10(20)17-9-5-3-8(4-6-9)13(14,15)16/h3-7H,1-2H3,(H,17,20). The van der Waals surface area contributed by atoms with E-state index in [-0.39, 0.29) is 5.91 Å². The largest absolute Gasteiger partial charge is 0.416 e. The molecule has 1 aromatic heterocycles. The molecule has 0 fully saturated rings. The zero-order valence-electron chi connectivity index (χ0n) is 12.0. The molecule has 0 saturated heterocycles. The molecular weight excluding hydrogens is 367 g/mol. The number of benzene rings is 1. The number of nitrogens with one attached hydrogen (secondary N) is 1. The molecule has 1 aromatic carbocycles. The molecule has 4 nitrogen and oxygen atoms in total. The van der Waals surface area contributed by atoms with Crippen LogP contribution in [0.25, 0.3) is 0 Å². The molecule has 1 atom stereocenters. The molecule has 0 aliphatic rings. The van der Waals surface area contributed by atoms with E-state index in [1.54, 1.807) is 6.92 Å². The number of amides is 1. The van der Waals surface area contributed by atoms with E-state index in [2.05, 4.69) is 15.5 Å². The van der Waals surface area contributed by atoms with Crippen LogP contribution in [0.5, 0.6) is 0 Å². The van der Waals surface area contributed by atoms with Gasteiger partial charge in [0.05, 0.1) is 10.8 Å². The summed E-state index contributed by atoms with van der Waals surface area (Å²) in [6.07, 6.45) is -2.51. The Labute approximate surface area is 143 Å². The molecule has 23 heavy (non-hydrogen) atoms. The minimum atomic E-state index is -4.39. The minimum absolute atomic E-state index is 0.310. The summed E-state index contributed by atoms with van der Waals surface area (Å²) >= 11 is 4.11. The molecule has 0 saturated carbocycles. The predicted molar refractivity (Wildman–Crippen MR) is 87.1 cm³/mol.